The molecule has 7 N–H and O–H groups in total. The fourth-order valence-electron chi connectivity index (χ4n) is 3.56. The molecule has 0 bridgehead atoms. The van der Waals surface area contributed by atoms with E-state index >= 15 is 0 Å². The van der Waals surface area contributed by atoms with E-state index in [9.17, 15) is 41.5 Å². The highest BCUT2D eigenvalue weighted by Crippen LogP contribution is 2.35. The van der Waals surface area contributed by atoms with Crippen LogP contribution in [0.2, 0.25) is 0 Å². The van der Waals surface area contributed by atoms with Crippen LogP contribution in [0.4, 0.5) is 5.82 Å². The van der Waals surface area contributed by atoms with Crippen LogP contribution >= 0.6 is 0 Å². The topological polar surface area (TPSA) is 276 Å². The summed E-state index contributed by atoms with van der Waals surface area (Å²) in [6, 6.07) is 0. The Morgan fingerprint density at radius 3 is 2.36 bits per heavy atom. The van der Waals surface area contributed by atoms with Crippen molar-refractivity contribution in [1.29, 1.82) is 0 Å². The lowest BCUT2D eigenvalue weighted by Gasteiger charge is -2.42. The molecule has 18 nitrogen and oxygen atoms in total. The van der Waals surface area contributed by atoms with E-state index in [1.54, 1.807) is 6.92 Å². The molecule has 1 aliphatic rings. The van der Waals surface area contributed by atoms with E-state index in [0.717, 1.165) is 15.5 Å². The number of imidazole rings is 1. The van der Waals surface area contributed by atoms with E-state index in [1.807, 2.05) is 0 Å². The molecular weight excluding hydrogens is 534 g/mol. The molecule has 2 aromatic heterocycles. The average Bonchev–Trinajstić information content (AvgIpc) is 3.20. The Bertz CT molecular complexity index is 1420. The van der Waals surface area contributed by atoms with Gasteiger partial charge in [-0.15, -0.1) is 0 Å². The molecular formula is C16H23N5O13S2. The number of fused-ring (bicyclic) bond motifs is 1. The highest BCUT2D eigenvalue weighted by atomic mass is 32.3. The van der Waals surface area contributed by atoms with Crippen molar-refractivity contribution in [2.24, 2.45) is 0 Å². The number of aliphatic hydroxyl groups excluding tert-OH is 3. The Balaban J connectivity index is 2.17. The number of nitrogen functional groups attached to an aromatic ring is 1. The van der Waals surface area contributed by atoms with E-state index in [4.69, 9.17) is 15.0 Å². The van der Waals surface area contributed by atoms with Gasteiger partial charge in [0.2, 0.25) is 0 Å². The Morgan fingerprint density at radius 1 is 1.19 bits per heavy atom. The molecule has 0 radical (unpaired) electrons. The van der Waals surface area contributed by atoms with Gasteiger partial charge in [0, 0.05) is 6.54 Å². The first kappa shape index (κ1) is 28.0. The maximum absolute atomic E-state index is 12.4. The summed E-state index contributed by atoms with van der Waals surface area (Å²) in [5.74, 6) is -0.410. The quantitative estimate of drug-likeness (QED) is 0.130. The number of rotatable bonds is 9. The number of nitrogens with zero attached hydrogens (tertiary/aromatic N) is 4. The molecule has 0 saturated carbocycles. The van der Waals surface area contributed by atoms with E-state index in [-0.39, 0.29) is 24.3 Å². The summed E-state index contributed by atoms with van der Waals surface area (Å²) in [7, 11) is -10.5. The van der Waals surface area contributed by atoms with Crippen molar-refractivity contribution < 1.29 is 54.4 Å². The van der Waals surface area contributed by atoms with Crippen LogP contribution in [-0.4, -0.2) is 98.0 Å². The van der Waals surface area contributed by atoms with Crippen LogP contribution in [0.3, 0.4) is 0 Å². The Kier molecular flexibility index (Phi) is 8.14. The first-order valence-electron chi connectivity index (χ1n) is 9.92. The molecule has 3 rings (SSSR count). The van der Waals surface area contributed by atoms with Crippen LogP contribution in [0.25, 0.3) is 11.2 Å². The Morgan fingerprint density at radius 2 is 1.81 bits per heavy atom. The van der Waals surface area contributed by atoms with Gasteiger partial charge in [0.15, 0.2) is 23.8 Å². The summed E-state index contributed by atoms with van der Waals surface area (Å²) in [6.07, 6.45) is -7.46. The van der Waals surface area contributed by atoms with Gasteiger partial charge in [-0.2, -0.15) is 21.8 Å². The normalized spacial score (nSPS) is 25.9. The third-order valence-electron chi connectivity index (χ3n) is 5.15. The molecule has 5 atom stereocenters. The van der Waals surface area contributed by atoms with Gasteiger partial charge in [0.05, 0.1) is 19.5 Å². The monoisotopic (exact) mass is 557 g/mol. The van der Waals surface area contributed by atoms with Gasteiger partial charge in [-0.05, 0) is 6.92 Å². The zero-order valence-corrected chi connectivity index (χ0v) is 20.0. The minimum absolute atomic E-state index is 0.0879. The number of aromatic nitrogens is 4. The predicted octanol–water partition coefficient (Wildman–Crippen LogP) is -3.26. The number of anilines is 1. The zero-order chi connectivity index (χ0) is 27.0. The summed E-state index contributed by atoms with van der Waals surface area (Å²) >= 11 is 0. The Hall–Kier alpha value is -2.53. The van der Waals surface area contributed by atoms with Crippen LogP contribution in [-0.2, 0) is 40.4 Å². The number of nitrogens with two attached hydrogens (primary N) is 1. The smallest absolute Gasteiger partial charge is 0.394 e. The van der Waals surface area contributed by atoms with Crippen molar-refractivity contribution in [1.82, 2.24) is 19.1 Å². The van der Waals surface area contributed by atoms with Gasteiger partial charge in [0.1, 0.15) is 23.8 Å². The molecule has 0 spiro atoms. The van der Waals surface area contributed by atoms with Crippen LogP contribution < -0.4 is 11.4 Å². The van der Waals surface area contributed by atoms with Gasteiger partial charge in [-0.25, -0.2) is 18.1 Å². The third kappa shape index (κ3) is 6.05. The van der Waals surface area contributed by atoms with Gasteiger partial charge >= 0.3 is 26.5 Å². The molecule has 3 heterocycles. The molecule has 1 fully saturated rings. The molecule has 0 amide bonds. The average molecular weight is 558 g/mol. The first-order valence-corrected chi connectivity index (χ1v) is 12.6. The van der Waals surface area contributed by atoms with Crippen LogP contribution in [0.15, 0.2) is 22.8 Å². The fraction of sp³-hybridized carbons (Fsp3) is 0.562. The van der Waals surface area contributed by atoms with E-state index in [2.05, 4.69) is 18.3 Å². The molecule has 0 aliphatic carbocycles. The number of ether oxygens (including phenoxy) is 1. The van der Waals surface area contributed by atoms with E-state index < -0.39 is 69.6 Å². The minimum atomic E-state index is -5.31. The molecule has 36 heavy (non-hydrogen) atoms. The second kappa shape index (κ2) is 10.5. The molecule has 1 saturated heterocycles. The zero-order valence-electron chi connectivity index (χ0n) is 18.3. The molecule has 1 aliphatic heterocycles. The van der Waals surface area contributed by atoms with E-state index in [1.165, 1.54) is 6.08 Å². The maximum atomic E-state index is 12.4. The standard InChI is InChI=1S/C16H23N5O13S2/c1-7(4-22)2-3-20-14-9(13(17)19-16(20)25)21(6-18-14)15-12(34-36(29,30)31)10(24)11(8(5-23)32-15)33-35(26,27)28/h2,6,8,10-12,15,22-24H,3-5H2,1H3,(H2,17,19,25)(H,26,27,28)(H,29,30,31)/b7-2-/t8-,10+,11-,12-,15-/m1/s1. The van der Waals surface area contributed by atoms with Crippen molar-refractivity contribution in [3.63, 3.8) is 0 Å². The second-order valence-electron chi connectivity index (χ2n) is 7.64. The summed E-state index contributed by atoms with van der Waals surface area (Å²) < 4.78 is 80.0. The minimum Gasteiger partial charge on any atom is -0.394 e. The lowest BCUT2D eigenvalue weighted by Crippen LogP contribution is -2.59. The fourth-order valence-corrected chi connectivity index (χ4v) is 4.56. The van der Waals surface area contributed by atoms with Crippen LogP contribution in [0.1, 0.15) is 13.2 Å². The van der Waals surface area contributed by atoms with Crippen LogP contribution in [0.5, 0.6) is 0 Å². The molecule has 0 aromatic carbocycles. The van der Waals surface area contributed by atoms with Crippen molar-refractivity contribution >= 4 is 37.8 Å². The number of hydrogen-bond acceptors (Lipinski definition) is 14. The number of hydrogen-bond donors (Lipinski definition) is 6. The van der Waals surface area contributed by atoms with Gasteiger partial charge < -0.3 is 25.8 Å². The summed E-state index contributed by atoms with van der Waals surface area (Å²) in [6.45, 7) is 0.212. The molecule has 20 heteroatoms. The van der Waals surface area contributed by atoms with Crippen molar-refractivity contribution in [3.05, 3.63) is 28.5 Å². The first-order chi connectivity index (χ1) is 16.7. The lowest BCUT2D eigenvalue weighted by atomic mass is 9.98. The molecule has 2 aromatic rings. The molecule has 0 unspecified atom stereocenters. The largest absolute Gasteiger partial charge is 0.397 e. The summed E-state index contributed by atoms with van der Waals surface area (Å²) in [5.41, 5.74) is 5.37. The van der Waals surface area contributed by atoms with Gasteiger partial charge in [-0.1, -0.05) is 11.6 Å². The van der Waals surface area contributed by atoms with Crippen molar-refractivity contribution in [3.8, 4) is 0 Å². The third-order valence-corrected chi connectivity index (χ3v) is 6.08. The van der Waals surface area contributed by atoms with Crippen LogP contribution in [0, 0.1) is 0 Å². The van der Waals surface area contributed by atoms with Crippen molar-refractivity contribution in [2.75, 3.05) is 18.9 Å². The maximum Gasteiger partial charge on any atom is 0.397 e. The highest BCUT2D eigenvalue weighted by molar-refractivity contribution is 7.81. The van der Waals surface area contributed by atoms with Gasteiger partial charge in [0.25, 0.3) is 0 Å². The lowest BCUT2D eigenvalue weighted by molar-refractivity contribution is -0.238. The predicted molar refractivity (Wildman–Crippen MR) is 117 cm³/mol. The van der Waals surface area contributed by atoms with Crippen molar-refractivity contribution in [2.45, 2.75) is 44.1 Å². The number of aliphatic hydroxyl groups is 3. The summed E-state index contributed by atoms with van der Waals surface area (Å²) in [5, 5.41) is 29.5. The SMILES string of the molecule is C/C(=C/Cn1c(=O)nc(N)c2c1ncn2[C@@H]1O[C@H](CO)[C@@H](OS(=O)(=O)O)[C@H](O)[C@H]1OS(=O)(=O)O)CO. The Labute approximate surface area is 203 Å². The summed E-state index contributed by atoms with van der Waals surface area (Å²) in [4.78, 5) is 20.1. The van der Waals surface area contributed by atoms with Gasteiger partial charge in [-0.3, -0.25) is 18.2 Å². The second-order valence-corrected chi connectivity index (χ2v) is 9.73. The van der Waals surface area contributed by atoms with E-state index in [0.29, 0.717) is 5.57 Å². The number of allylic oxidation sites excluding steroid dienone is 1. The molecule has 202 valence electrons. The highest BCUT2D eigenvalue weighted by Gasteiger charge is 2.51.